The minimum absolute atomic E-state index is 0.597. The summed E-state index contributed by atoms with van der Waals surface area (Å²) in [5.41, 5.74) is 19.4. The van der Waals surface area contributed by atoms with Crippen molar-refractivity contribution in [2.75, 3.05) is 4.90 Å². The maximum absolute atomic E-state index is 6.80. The number of para-hydroxylation sites is 2. The second kappa shape index (κ2) is 13.5. The quantitative estimate of drug-likeness (QED) is 0.176. The Morgan fingerprint density at radius 1 is 0.344 bits per heavy atom. The van der Waals surface area contributed by atoms with Gasteiger partial charge in [0, 0.05) is 42.3 Å². The molecule has 2 nitrogen and oxygen atoms in total. The predicted molar refractivity (Wildman–Crippen MR) is 268 cm³/mol. The van der Waals surface area contributed by atoms with Crippen molar-refractivity contribution >= 4 is 70.5 Å². The summed E-state index contributed by atoms with van der Waals surface area (Å²) in [5, 5.41) is 4.85. The molecule has 10 aromatic carbocycles. The number of furan rings is 1. The number of anilines is 3. The number of hydrogen-bond acceptors (Lipinski definition) is 3. The first kappa shape index (κ1) is 35.6. The van der Waals surface area contributed by atoms with Crippen LogP contribution in [0.1, 0.15) is 22.3 Å². The molecule has 1 unspecified atom stereocenters. The number of fused-ring (bicyclic) bond motifs is 18. The molecule has 0 fully saturated rings. The van der Waals surface area contributed by atoms with E-state index in [2.05, 4.69) is 223 Å². The van der Waals surface area contributed by atoms with Crippen LogP contribution in [0.4, 0.5) is 17.1 Å². The average Bonchev–Trinajstić information content (AvgIpc) is 4.00. The van der Waals surface area contributed by atoms with E-state index in [-0.39, 0.29) is 0 Å². The lowest BCUT2D eigenvalue weighted by Gasteiger charge is -2.36. The van der Waals surface area contributed by atoms with Crippen LogP contribution in [0.2, 0.25) is 0 Å². The van der Waals surface area contributed by atoms with E-state index >= 15 is 0 Å². The van der Waals surface area contributed by atoms with Crippen LogP contribution in [0.25, 0.3) is 86.6 Å². The highest BCUT2D eigenvalue weighted by molar-refractivity contribution is 7.25. The van der Waals surface area contributed by atoms with Crippen LogP contribution < -0.4 is 4.90 Å². The van der Waals surface area contributed by atoms with Gasteiger partial charge in [-0.15, -0.1) is 11.3 Å². The van der Waals surface area contributed by atoms with Crippen LogP contribution in [-0.2, 0) is 5.41 Å². The average molecular weight is 832 g/mol. The van der Waals surface area contributed by atoms with Crippen molar-refractivity contribution in [3.8, 4) is 44.5 Å². The molecule has 2 aromatic heterocycles. The third-order valence-corrected chi connectivity index (χ3v) is 15.0. The molecule has 2 heterocycles. The van der Waals surface area contributed by atoms with Gasteiger partial charge in [0.2, 0.25) is 0 Å². The molecule has 12 aromatic rings. The molecule has 0 N–H and O–H groups in total. The minimum Gasteiger partial charge on any atom is -0.454 e. The van der Waals surface area contributed by atoms with Crippen LogP contribution in [0.5, 0.6) is 0 Å². The van der Waals surface area contributed by atoms with Crippen LogP contribution in [0, 0.1) is 0 Å². The smallest absolute Gasteiger partial charge is 0.159 e. The molecule has 0 bridgehead atoms. The van der Waals surface area contributed by atoms with E-state index in [1.807, 2.05) is 17.4 Å². The highest BCUT2D eigenvalue weighted by Gasteiger charge is 2.50. The van der Waals surface area contributed by atoms with Crippen LogP contribution in [-0.4, -0.2) is 0 Å². The number of benzene rings is 10. The summed E-state index contributed by atoms with van der Waals surface area (Å²) in [5.74, 6) is 0. The van der Waals surface area contributed by atoms with Crippen molar-refractivity contribution in [1.82, 2.24) is 0 Å². The van der Waals surface area contributed by atoms with E-state index in [0.717, 1.165) is 39.0 Å². The van der Waals surface area contributed by atoms with Crippen molar-refractivity contribution in [2.24, 2.45) is 0 Å². The maximum Gasteiger partial charge on any atom is 0.159 e. The summed E-state index contributed by atoms with van der Waals surface area (Å²) < 4.78 is 9.43. The Hall–Kier alpha value is -7.98. The van der Waals surface area contributed by atoms with Gasteiger partial charge in [-0.05, 0) is 121 Å². The lowest BCUT2D eigenvalue weighted by molar-refractivity contribution is 0.669. The molecule has 0 aliphatic heterocycles. The van der Waals surface area contributed by atoms with E-state index in [1.54, 1.807) is 0 Å². The van der Waals surface area contributed by atoms with Crippen LogP contribution >= 0.6 is 11.3 Å². The Morgan fingerprint density at radius 3 is 1.72 bits per heavy atom. The van der Waals surface area contributed by atoms with Crippen molar-refractivity contribution in [1.29, 1.82) is 0 Å². The van der Waals surface area contributed by atoms with Crippen molar-refractivity contribution in [3.63, 3.8) is 0 Å². The summed E-state index contributed by atoms with van der Waals surface area (Å²) in [7, 11) is 0. The van der Waals surface area contributed by atoms with Crippen LogP contribution in [0.15, 0.2) is 229 Å². The second-order valence-electron chi connectivity index (χ2n) is 17.1. The first-order valence-corrected chi connectivity index (χ1v) is 22.8. The molecule has 64 heavy (non-hydrogen) atoms. The zero-order chi connectivity index (χ0) is 41.9. The second-order valence-corrected chi connectivity index (χ2v) is 18.2. The predicted octanol–water partition coefficient (Wildman–Crippen LogP) is 17.1. The molecule has 2 aliphatic carbocycles. The maximum atomic E-state index is 6.80. The fraction of sp³-hybridized carbons (Fsp3) is 0.0164. The van der Waals surface area contributed by atoms with E-state index < -0.39 is 5.41 Å². The lowest BCUT2D eigenvalue weighted by Crippen LogP contribution is -2.29. The van der Waals surface area contributed by atoms with Gasteiger partial charge in [0.1, 0.15) is 5.58 Å². The molecule has 2 aliphatic rings. The third-order valence-electron chi connectivity index (χ3n) is 13.9. The topological polar surface area (TPSA) is 16.4 Å². The van der Waals surface area contributed by atoms with Gasteiger partial charge in [-0.1, -0.05) is 170 Å². The van der Waals surface area contributed by atoms with Crippen molar-refractivity contribution in [3.05, 3.63) is 247 Å². The number of hydrogen-bond donors (Lipinski definition) is 0. The molecule has 0 amide bonds. The highest BCUT2D eigenvalue weighted by atomic mass is 32.1. The number of nitrogens with zero attached hydrogens (tertiary/aromatic N) is 1. The molecule has 3 heteroatoms. The number of thiophene rings is 1. The summed E-state index contributed by atoms with van der Waals surface area (Å²) in [6.45, 7) is 0. The first-order valence-electron chi connectivity index (χ1n) is 22.0. The molecule has 1 spiro atoms. The molecular formula is C61H37NOS. The molecular weight excluding hydrogens is 795 g/mol. The Balaban J connectivity index is 1.08. The van der Waals surface area contributed by atoms with Gasteiger partial charge in [0.05, 0.1) is 11.1 Å². The van der Waals surface area contributed by atoms with E-state index in [0.29, 0.717) is 0 Å². The van der Waals surface area contributed by atoms with Gasteiger partial charge in [0.25, 0.3) is 0 Å². The summed E-state index contributed by atoms with van der Waals surface area (Å²) >= 11 is 1.90. The molecule has 1 atom stereocenters. The first-order chi connectivity index (χ1) is 31.7. The Morgan fingerprint density at radius 2 is 0.922 bits per heavy atom. The minimum atomic E-state index is -0.597. The normalized spacial score (nSPS) is 14.6. The summed E-state index contributed by atoms with van der Waals surface area (Å²) in [4.78, 5) is 2.39. The summed E-state index contributed by atoms with van der Waals surface area (Å²) in [6.07, 6.45) is 0. The molecule has 0 saturated carbocycles. The molecule has 0 saturated heterocycles. The highest BCUT2D eigenvalue weighted by Crippen LogP contribution is 2.63. The molecule has 0 radical (unpaired) electrons. The SMILES string of the molecule is c1ccc(-c2ccc(N(c3ccc4c(c3)-c3ccccc3-c3ccccc3C43c4ccccc4-c4cc5c(cc43)sc3ccccc35)c3cccc4c3oc3ccccc34)cc2)cc1. The zero-order valence-corrected chi connectivity index (χ0v) is 35.4. The number of rotatable bonds is 4. The van der Waals surface area contributed by atoms with Gasteiger partial charge in [-0.25, -0.2) is 0 Å². The third kappa shape index (κ3) is 4.90. The largest absolute Gasteiger partial charge is 0.454 e. The van der Waals surface area contributed by atoms with E-state index in [4.69, 9.17) is 4.42 Å². The van der Waals surface area contributed by atoms with Gasteiger partial charge in [-0.3, -0.25) is 0 Å². The van der Waals surface area contributed by atoms with E-state index in [1.165, 1.54) is 86.9 Å². The Labute approximate surface area is 374 Å². The fourth-order valence-electron chi connectivity index (χ4n) is 11.2. The standard InChI is InChI=1S/C61H37NOS/c1-2-15-38(16-3-1)39-29-31-40(32-30-39)62(56-26-14-23-48-46-21-8-12-27-57(46)63-60(48)56)41-33-34-54-49(35-41)43-18-5-4-17-42(43)44-19-6-10-24-52(44)61(54)53-25-11-7-20-45(53)50-36-51-47-22-9-13-28-58(47)64-59(51)37-55(50)61/h1-37H. The van der Waals surface area contributed by atoms with E-state index in [9.17, 15) is 0 Å². The zero-order valence-electron chi connectivity index (χ0n) is 34.6. The van der Waals surface area contributed by atoms with Crippen LogP contribution in [0.3, 0.4) is 0 Å². The van der Waals surface area contributed by atoms with Crippen molar-refractivity contribution < 1.29 is 4.42 Å². The molecule has 298 valence electrons. The Bertz CT molecular complexity index is 3860. The molecule has 14 rings (SSSR count). The lowest BCUT2D eigenvalue weighted by atomic mass is 9.66. The van der Waals surface area contributed by atoms with Gasteiger partial charge in [0.15, 0.2) is 5.58 Å². The van der Waals surface area contributed by atoms with Gasteiger partial charge >= 0.3 is 0 Å². The van der Waals surface area contributed by atoms with Gasteiger partial charge in [-0.2, -0.15) is 0 Å². The Kier molecular flexibility index (Phi) is 7.51. The van der Waals surface area contributed by atoms with Crippen molar-refractivity contribution in [2.45, 2.75) is 5.41 Å². The monoisotopic (exact) mass is 831 g/mol. The van der Waals surface area contributed by atoms with Gasteiger partial charge < -0.3 is 9.32 Å². The fourth-order valence-corrected chi connectivity index (χ4v) is 12.3. The summed E-state index contributed by atoms with van der Waals surface area (Å²) in [6, 6.07) is 83.0.